The summed E-state index contributed by atoms with van der Waals surface area (Å²) in [5.41, 5.74) is 14.1. The van der Waals surface area contributed by atoms with Gasteiger partial charge in [-0.1, -0.05) is 12.1 Å². The molecule has 2 atom stereocenters. The molecule has 1 aromatic carbocycles. The van der Waals surface area contributed by atoms with E-state index >= 15 is 0 Å². The molecule has 4 N–H and O–H groups in total. The van der Waals surface area contributed by atoms with Crippen LogP contribution in [-0.2, 0) is 4.74 Å². The van der Waals surface area contributed by atoms with E-state index in [1.54, 1.807) is 10.7 Å². The molecule has 0 aliphatic heterocycles. The van der Waals surface area contributed by atoms with Gasteiger partial charge in [0, 0.05) is 13.2 Å². The number of anilines is 1. The van der Waals surface area contributed by atoms with Crippen LogP contribution in [0.2, 0.25) is 0 Å². The van der Waals surface area contributed by atoms with Crippen molar-refractivity contribution < 1.29 is 9.13 Å². The Morgan fingerprint density at radius 1 is 1.35 bits per heavy atom. The molecule has 108 valence electrons. The molecule has 0 spiro atoms. The van der Waals surface area contributed by atoms with Crippen molar-refractivity contribution in [3.8, 4) is 5.69 Å². The summed E-state index contributed by atoms with van der Waals surface area (Å²) in [6.45, 7) is 1.24. The van der Waals surface area contributed by atoms with Crippen LogP contribution in [0, 0.1) is 6.92 Å². The van der Waals surface area contributed by atoms with E-state index in [-0.39, 0.29) is 0 Å². The van der Waals surface area contributed by atoms with Gasteiger partial charge in [0.1, 0.15) is 12.5 Å². The average molecular weight is 278 g/mol. The number of aromatic nitrogens is 2. The number of rotatable bonds is 5. The first-order valence-corrected chi connectivity index (χ1v) is 6.33. The SMILES string of the molecule is COC(c1ccc(-n2nc(C)cc2N)cc1)C(N)CF. The van der Waals surface area contributed by atoms with Crippen LogP contribution in [-0.4, -0.2) is 29.6 Å². The second kappa shape index (κ2) is 6.02. The lowest BCUT2D eigenvalue weighted by atomic mass is 10.0. The molecule has 0 amide bonds. The Bertz CT molecular complexity index is 567. The molecule has 0 saturated heterocycles. The van der Waals surface area contributed by atoms with Crippen molar-refractivity contribution in [2.24, 2.45) is 5.73 Å². The van der Waals surface area contributed by atoms with E-state index in [1.165, 1.54) is 7.11 Å². The van der Waals surface area contributed by atoms with Gasteiger partial charge in [-0.25, -0.2) is 9.07 Å². The Kier molecular flexibility index (Phi) is 4.36. The van der Waals surface area contributed by atoms with E-state index in [0.29, 0.717) is 5.82 Å². The van der Waals surface area contributed by atoms with Gasteiger partial charge in [0.2, 0.25) is 0 Å². The third kappa shape index (κ3) is 2.81. The molecule has 5 nitrogen and oxygen atoms in total. The van der Waals surface area contributed by atoms with Gasteiger partial charge in [0.15, 0.2) is 0 Å². The lowest BCUT2D eigenvalue weighted by Crippen LogP contribution is -2.31. The third-order valence-corrected chi connectivity index (χ3v) is 3.15. The normalized spacial score (nSPS) is 14.2. The van der Waals surface area contributed by atoms with Crippen molar-refractivity contribution in [3.05, 3.63) is 41.6 Å². The lowest BCUT2D eigenvalue weighted by molar-refractivity contribution is 0.0721. The smallest absolute Gasteiger partial charge is 0.127 e. The number of aryl methyl sites for hydroxylation is 1. The van der Waals surface area contributed by atoms with Crippen molar-refractivity contribution in [2.45, 2.75) is 19.1 Å². The maximum Gasteiger partial charge on any atom is 0.127 e. The fourth-order valence-electron chi connectivity index (χ4n) is 2.17. The predicted octanol–water partition coefficient (Wildman–Crippen LogP) is 1.75. The zero-order valence-electron chi connectivity index (χ0n) is 11.6. The second-order valence-corrected chi connectivity index (χ2v) is 4.69. The summed E-state index contributed by atoms with van der Waals surface area (Å²) in [7, 11) is 1.52. The summed E-state index contributed by atoms with van der Waals surface area (Å²) < 4.78 is 19.6. The topological polar surface area (TPSA) is 79.1 Å². The van der Waals surface area contributed by atoms with E-state index < -0.39 is 18.8 Å². The Hall–Kier alpha value is -1.92. The molecule has 0 aliphatic rings. The number of hydrogen-bond acceptors (Lipinski definition) is 4. The summed E-state index contributed by atoms with van der Waals surface area (Å²) in [6.07, 6.45) is -0.467. The van der Waals surface area contributed by atoms with Crippen molar-refractivity contribution in [2.75, 3.05) is 19.5 Å². The molecule has 0 saturated carbocycles. The van der Waals surface area contributed by atoms with Gasteiger partial charge in [-0.3, -0.25) is 0 Å². The van der Waals surface area contributed by atoms with Crippen LogP contribution in [0.4, 0.5) is 10.2 Å². The van der Waals surface area contributed by atoms with Crippen LogP contribution in [0.1, 0.15) is 17.4 Å². The molecule has 0 radical (unpaired) electrons. The number of nitrogen functional groups attached to an aromatic ring is 1. The minimum Gasteiger partial charge on any atom is -0.384 e. The number of ether oxygens (including phenoxy) is 1. The zero-order chi connectivity index (χ0) is 14.7. The minimum atomic E-state index is -0.678. The van der Waals surface area contributed by atoms with Crippen LogP contribution < -0.4 is 11.5 Å². The molecule has 6 heteroatoms. The Labute approximate surface area is 117 Å². The van der Waals surface area contributed by atoms with Gasteiger partial charge < -0.3 is 16.2 Å². The standard InChI is InChI=1S/C14H19FN4O/c1-9-7-13(17)19(18-9)11-5-3-10(4-6-11)14(20-2)12(16)8-15/h3-7,12,14H,8,16-17H2,1-2H3. The Morgan fingerprint density at radius 3 is 2.45 bits per heavy atom. The number of nitrogens with two attached hydrogens (primary N) is 2. The first-order chi connectivity index (χ1) is 9.56. The maximum absolute atomic E-state index is 12.7. The number of hydrogen-bond donors (Lipinski definition) is 2. The molecule has 0 bridgehead atoms. The van der Waals surface area contributed by atoms with Gasteiger partial charge in [-0.05, 0) is 24.6 Å². The summed E-state index contributed by atoms with van der Waals surface area (Å²) in [6, 6.07) is 8.52. The quantitative estimate of drug-likeness (QED) is 0.873. The average Bonchev–Trinajstić information content (AvgIpc) is 2.79. The van der Waals surface area contributed by atoms with E-state index in [1.807, 2.05) is 31.2 Å². The summed E-state index contributed by atoms with van der Waals surface area (Å²) in [4.78, 5) is 0. The van der Waals surface area contributed by atoms with Gasteiger partial charge >= 0.3 is 0 Å². The highest BCUT2D eigenvalue weighted by atomic mass is 19.1. The number of methoxy groups -OCH3 is 1. The summed E-state index contributed by atoms with van der Waals surface area (Å²) in [5.74, 6) is 0.569. The van der Waals surface area contributed by atoms with Crippen molar-refractivity contribution in [1.29, 1.82) is 0 Å². The van der Waals surface area contributed by atoms with E-state index in [2.05, 4.69) is 5.10 Å². The third-order valence-electron chi connectivity index (χ3n) is 3.15. The molecule has 2 rings (SSSR count). The van der Waals surface area contributed by atoms with Crippen LogP contribution in [0.3, 0.4) is 0 Å². The monoisotopic (exact) mass is 278 g/mol. The molecular weight excluding hydrogens is 259 g/mol. The summed E-state index contributed by atoms with van der Waals surface area (Å²) >= 11 is 0. The Balaban J connectivity index is 2.28. The van der Waals surface area contributed by atoms with Crippen molar-refractivity contribution >= 4 is 5.82 Å². The molecular formula is C14H19FN4O. The second-order valence-electron chi connectivity index (χ2n) is 4.69. The van der Waals surface area contributed by atoms with E-state index in [4.69, 9.17) is 16.2 Å². The summed E-state index contributed by atoms with van der Waals surface area (Å²) in [5, 5.41) is 4.30. The first-order valence-electron chi connectivity index (χ1n) is 6.33. The highest BCUT2D eigenvalue weighted by molar-refractivity contribution is 5.44. The predicted molar refractivity (Wildman–Crippen MR) is 76.4 cm³/mol. The number of benzene rings is 1. The molecule has 20 heavy (non-hydrogen) atoms. The van der Waals surface area contributed by atoms with Crippen molar-refractivity contribution in [1.82, 2.24) is 9.78 Å². The molecule has 1 heterocycles. The van der Waals surface area contributed by atoms with Gasteiger partial charge in [-0.15, -0.1) is 0 Å². The maximum atomic E-state index is 12.7. The van der Waals surface area contributed by atoms with Gasteiger partial charge in [0.05, 0.1) is 23.5 Å². The van der Waals surface area contributed by atoms with Crippen LogP contribution in [0.5, 0.6) is 0 Å². The van der Waals surface area contributed by atoms with E-state index in [0.717, 1.165) is 16.9 Å². The zero-order valence-corrected chi connectivity index (χ0v) is 11.6. The molecule has 0 fully saturated rings. The van der Waals surface area contributed by atoms with E-state index in [9.17, 15) is 4.39 Å². The molecule has 0 aliphatic carbocycles. The largest absolute Gasteiger partial charge is 0.384 e. The lowest BCUT2D eigenvalue weighted by Gasteiger charge is -2.20. The molecule has 2 unspecified atom stereocenters. The highest BCUT2D eigenvalue weighted by Crippen LogP contribution is 2.22. The van der Waals surface area contributed by atoms with Gasteiger partial charge in [-0.2, -0.15) is 5.10 Å². The molecule has 1 aromatic heterocycles. The fourth-order valence-corrected chi connectivity index (χ4v) is 2.17. The Morgan fingerprint density at radius 2 is 2.00 bits per heavy atom. The number of alkyl halides is 1. The fraction of sp³-hybridized carbons (Fsp3) is 0.357. The van der Waals surface area contributed by atoms with Crippen molar-refractivity contribution in [3.63, 3.8) is 0 Å². The van der Waals surface area contributed by atoms with Crippen LogP contribution >= 0.6 is 0 Å². The highest BCUT2D eigenvalue weighted by Gasteiger charge is 2.19. The number of nitrogens with zero attached hydrogens (tertiary/aromatic N) is 2. The van der Waals surface area contributed by atoms with Crippen LogP contribution in [0.15, 0.2) is 30.3 Å². The minimum absolute atomic E-state index is 0.467. The number of halogens is 1. The van der Waals surface area contributed by atoms with Gasteiger partial charge in [0.25, 0.3) is 0 Å². The molecule has 2 aromatic rings. The van der Waals surface area contributed by atoms with Crippen LogP contribution in [0.25, 0.3) is 5.69 Å². The first kappa shape index (κ1) is 14.5.